The minimum Gasteiger partial charge on any atom is -0.377 e. The van der Waals surface area contributed by atoms with Crippen molar-refractivity contribution in [2.24, 2.45) is 0 Å². The van der Waals surface area contributed by atoms with Gasteiger partial charge < -0.3 is 15.4 Å². The van der Waals surface area contributed by atoms with Crippen LogP contribution in [0.1, 0.15) is 18.5 Å². The van der Waals surface area contributed by atoms with Crippen molar-refractivity contribution in [3.63, 3.8) is 0 Å². The van der Waals surface area contributed by atoms with Crippen LogP contribution >= 0.6 is 11.3 Å². The molecule has 116 valence electrons. The first kappa shape index (κ1) is 15.1. The van der Waals surface area contributed by atoms with Gasteiger partial charge in [-0.1, -0.05) is 30.3 Å². The fraction of sp³-hybridized carbons (Fsp3) is 0.125. The van der Waals surface area contributed by atoms with Crippen LogP contribution < -0.4 is 5.32 Å². The molecule has 7 heteroatoms. The average Bonchev–Trinajstić information content (AvgIpc) is 3.06. The number of benzene rings is 1. The van der Waals surface area contributed by atoms with Crippen LogP contribution in [0.2, 0.25) is 0 Å². The molecule has 3 rings (SSSR count). The zero-order valence-electron chi connectivity index (χ0n) is 12.3. The molecule has 1 aromatic carbocycles. The van der Waals surface area contributed by atoms with E-state index in [4.69, 9.17) is 0 Å². The highest BCUT2D eigenvalue weighted by Crippen LogP contribution is 2.31. The Bertz CT molecular complexity index is 820. The zero-order chi connectivity index (χ0) is 16.2. The largest absolute Gasteiger partial charge is 0.423 e. The fourth-order valence-corrected chi connectivity index (χ4v) is 2.92. The molecule has 0 radical (unpaired) electrons. The number of hydrogen-bond donors (Lipinski definition) is 1. The lowest BCUT2D eigenvalue weighted by Gasteiger charge is -2.15. The molecule has 0 aliphatic carbocycles. The molecule has 1 atom stereocenters. The minimum absolute atomic E-state index is 0.115. The third kappa shape index (κ3) is 3.51. The van der Waals surface area contributed by atoms with Crippen molar-refractivity contribution in [1.82, 2.24) is 9.97 Å². The number of anilines is 1. The summed E-state index contributed by atoms with van der Waals surface area (Å²) in [6, 6.07) is 12.1. The predicted octanol–water partition coefficient (Wildman–Crippen LogP) is 4.29. The first-order valence-electron chi connectivity index (χ1n) is 7.00. The Morgan fingerprint density at radius 2 is 2.00 bits per heavy atom. The zero-order valence-corrected chi connectivity index (χ0v) is 13.2. The quantitative estimate of drug-likeness (QED) is 0.559. The second-order valence-corrected chi connectivity index (χ2v) is 6.01. The van der Waals surface area contributed by atoms with Gasteiger partial charge >= 0.3 is 5.13 Å². The molecule has 3 aromatic rings. The summed E-state index contributed by atoms with van der Waals surface area (Å²) >= 11 is 1.04. The van der Waals surface area contributed by atoms with E-state index in [-0.39, 0.29) is 11.2 Å². The van der Waals surface area contributed by atoms with Crippen LogP contribution in [0.15, 0.2) is 55.0 Å². The number of rotatable bonds is 5. The molecule has 23 heavy (non-hydrogen) atoms. The second kappa shape index (κ2) is 6.53. The van der Waals surface area contributed by atoms with E-state index in [9.17, 15) is 10.1 Å². The fourth-order valence-electron chi connectivity index (χ4n) is 2.21. The van der Waals surface area contributed by atoms with Crippen LogP contribution in [0.25, 0.3) is 10.4 Å². The lowest BCUT2D eigenvalue weighted by atomic mass is 10.1. The molecule has 0 aliphatic heterocycles. The molecule has 0 unspecified atom stereocenters. The van der Waals surface area contributed by atoms with Crippen LogP contribution in [-0.4, -0.2) is 14.9 Å². The standard InChI is InChI=1S/C16H14N4O2S/c1-11(12-5-3-2-4-6-12)19-14-7-13(8-17-9-14)15-10-18-16(23-15)20(21)22/h2-11,19H,1H3/t11-/m0/s1. The van der Waals surface area contributed by atoms with Crippen molar-refractivity contribution in [2.45, 2.75) is 13.0 Å². The molecular formula is C16H14N4O2S. The van der Waals surface area contributed by atoms with Gasteiger partial charge in [0.1, 0.15) is 0 Å². The predicted molar refractivity (Wildman–Crippen MR) is 90.5 cm³/mol. The van der Waals surface area contributed by atoms with Gasteiger partial charge in [0.25, 0.3) is 0 Å². The molecule has 2 heterocycles. The molecule has 0 amide bonds. The number of nitrogens with zero attached hydrogens (tertiary/aromatic N) is 3. The van der Waals surface area contributed by atoms with E-state index in [1.807, 2.05) is 24.3 Å². The highest BCUT2D eigenvalue weighted by atomic mass is 32.1. The van der Waals surface area contributed by atoms with Crippen molar-refractivity contribution in [3.05, 3.63) is 70.7 Å². The first-order chi connectivity index (χ1) is 11.1. The number of hydrogen-bond acceptors (Lipinski definition) is 6. The van der Waals surface area contributed by atoms with Gasteiger partial charge in [-0.3, -0.25) is 4.98 Å². The van der Waals surface area contributed by atoms with E-state index >= 15 is 0 Å². The number of nitro groups is 1. The number of thiazole rings is 1. The van der Waals surface area contributed by atoms with Crippen LogP contribution in [0.3, 0.4) is 0 Å². The van der Waals surface area contributed by atoms with Gasteiger partial charge in [0.05, 0.1) is 10.6 Å². The maximum atomic E-state index is 10.7. The van der Waals surface area contributed by atoms with Gasteiger partial charge in [0.15, 0.2) is 6.20 Å². The molecule has 6 nitrogen and oxygen atoms in total. The van der Waals surface area contributed by atoms with Gasteiger partial charge in [0.2, 0.25) is 0 Å². The van der Waals surface area contributed by atoms with Crippen LogP contribution in [-0.2, 0) is 0 Å². The molecule has 0 bridgehead atoms. The maximum Gasteiger partial charge on any atom is 0.423 e. The highest BCUT2D eigenvalue weighted by Gasteiger charge is 2.15. The van der Waals surface area contributed by atoms with Crippen molar-refractivity contribution < 1.29 is 4.92 Å². The average molecular weight is 326 g/mol. The Kier molecular flexibility index (Phi) is 4.29. The molecule has 0 saturated carbocycles. The van der Waals surface area contributed by atoms with Gasteiger partial charge in [-0.25, -0.2) is 0 Å². The lowest BCUT2D eigenvalue weighted by Crippen LogP contribution is -2.06. The van der Waals surface area contributed by atoms with E-state index in [1.54, 1.807) is 12.4 Å². The normalized spacial score (nSPS) is 11.9. The Labute approximate surface area is 137 Å². The van der Waals surface area contributed by atoms with E-state index in [0.29, 0.717) is 0 Å². The second-order valence-electron chi connectivity index (χ2n) is 5.00. The van der Waals surface area contributed by atoms with Crippen LogP contribution in [0, 0.1) is 10.1 Å². The van der Waals surface area contributed by atoms with Gasteiger partial charge in [-0.05, 0) is 39.8 Å². The summed E-state index contributed by atoms with van der Waals surface area (Å²) in [5.41, 5.74) is 2.84. The summed E-state index contributed by atoms with van der Waals surface area (Å²) < 4.78 is 0. The minimum atomic E-state index is -0.485. The van der Waals surface area contributed by atoms with Crippen molar-refractivity contribution in [2.75, 3.05) is 5.32 Å². The molecular weight excluding hydrogens is 312 g/mol. The smallest absolute Gasteiger partial charge is 0.377 e. The Morgan fingerprint density at radius 1 is 1.22 bits per heavy atom. The van der Waals surface area contributed by atoms with Crippen molar-refractivity contribution >= 4 is 22.2 Å². The third-order valence-corrected chi connectivity index (χ3v) is 4.35. The summed E-state index contributed by atoms with van der Waals surface area (Å²) in [4.78, 5) is 19.0. The molecule has 2 aromatic heterocycles. The maximum absolute atomic E-state index is 10.7. The summed E-state index contributed by atoms with van der Waals surface area (Å²) in [5, 5.41) is 14.0. The number of aromatic nitrogens is 2. The Balaban J connectivity index is 1.81. The molecule has 0 fully saturated rings. The van der Waals surface area contributed by atoms with Gasteiger partial charge in [-0.2, -0.15) is 0 Å². The van der Waals surface area contributed by atoms with E-state index in [2.05, 4.69) is 34.3 Å². The first-order valence-corrected chi connectivity index (χ1v) is 7.82. The van der Waals surface area contributed by atoms with Crippen LogP contribution in [0.5, 0.6) is 0 Å². The monoisotopic (exact) mass is 326 g/mol. The van der Waals surface area contributed by atoms with E-state index < -0.39 is 4.92 Å². The molecule has 0 aliphatic rings. The van der Waals surface area contributed by atoms with E-state index in [1.165, 1.54) is 11.8 Å². The Morgan fingerprint density at radius 3 is 2.70 bits per heavy atom. The highest BCUT2D eigenvalue weighted by molar-refractivity contribution is 7.18. The van der Waals surface area contributed by atoms with Gasteiger partial charge in [0, 0.05) is 24.0 Å². The molecule has 0 saturated heterocycles. The van der Waals surface area contributed by atoms with Crippen molar-refractivity contribution in [3.8, 4) is 10.4 Å². The summed E-state index contributed by atoms with van der Waals surface area (Å²) in [6.07, 6.45) is 4.91. The SMILES string of the molecule is C[C@H](Nc1cncc(-c2cnc([N+](=O)[O-])s2)c1)c1ccccc1. The van der Waals surface area contributed by atoms with E-state index in [0.717, 1.165) is 27.5 Å². The lowest BCUT2D eigenvalue weighted by molar-refractivity contribution is -0.384. The summed E-state index contributed by atoms with van der Waals surface area (Å²) in [7, 11) is 0. The number of pyridine rings is 1. The number of nitrogens with one attached hydrogen (secondary N) is 1. The summed E-state index contributed by atoms with van der Waals surface area (Å²) in [6.45, 7) is 2.07. The molecule has 1 N–H and O–H groups in total. The topological polar surface area (TPSA) is 81.0 Å². The molecule has 0 spiro atoms. The van der Waals surface area contributed by atoms with Crippen molar-refractivity contribution in [1.29, 1.82) is 0 Å². The summed E-state index contributed by atoms with van der Waals surface area (Å²) in [5.74, 6) is 0. The Hall–Kier alpha value is -2.80. The van der Waals surface area contributed by atoms with Crippen LogP contribution in [0.4, 0.5) is 10.8 Å². The van der Waals surface area contributed by atoms with Gasteiger partial charge in [-0.15, -0.1) is 0 Å². The third-order valence-electron chi connectivity index (χ3n) is 3.36.